The van der Waals surface area contributed by atoms with E-state index >= 15 is 0 Å². The minimum atomic E-state index is -0.247. The van der Waals surface area contributed by atoms with Crippen LogP contribution in [0.3, 0.4) is 0 Å². The van der Waals surface area contributed by atoms with Gasteiger partial charge in [-0.15, -0.1) is 0 Å². The van der Waals surface area contributed by atoms with E-state index in [-0.39, 0.29) is 29.4 Å². The maximum Gasteiger partial charge on any atom is 0.239 e. The zero-order valence-corrected chi connectivity index (χ0v) is 15.1. The second kappa shape index (κ2) is 11.5. The first kappa shape index (κ1) is 20.9. The number of thioether (sulfide) groups is 1. The van der Waals surface area contributed by atoms with E-state index in [1.807, 2.05) is 32.8 Å². The predicted octanol–water partition coefficient (Wildman–Crippen LogP) is 0.722. The summed E-state index contributed by atoms with van der Waals surface area (Å²) >= 11 is 1.16. The first-order valence-corrected chi connectivity index (χ1v) is 8.53. The van der Waals surface area contributed by atoms with Gasteiger partial charge in [0.15, 0.2) is 5.12 Å². The van der Waals surface area contributed by atoms with Crippen LogP contribution in [0.1, 0.15) is 27.2 Å². The molecule has 128 valence electrons. The number of likely N-dealkylation sites (N-methyl/N-ethyl adjacent to an activating group) is 1. The minimum absolute atomic E-state index is 0.00276. The summed E-state index contributed by atoms with van der Waals surface area (Å²) in [6, 6.07) is 0. The third-order valence-electron chi connectivity index (χ3n) is 2.92. The third-order valence-corrected chi connectivity index (χ3v) is 3.89. The molecule has 0 aromatic heterocycles. The Kier molecular flexibility index (Phi) is 10.9. The van der Waals surface area contributed by atoms with Crippen molar-refractivity contribution in [3.63, 3.8) is 0 Å². The molecule has 0 aliphatic heterocycles. The van der Waals surface area contributed by atoms with E-state index < -0.39 is 0 Å². The summed E-state index contributed by atoms with van der Waals surface area (Å²) in [4.78, 5) is 36.8. The second-order valence-electron chi connectivity index (χ2n) is 6.00. The van der Waals surface area contributed by atoms with E-state index in [1.54, 1.807) is 0 Å². The number of hydrogen-bond acceptors (Lipinski definition) is 5. The summed E-state index contributed by atoms with van der Waals surface area (Å²) in [5, 5.41) is 5.41. The van der Waals surface area contributed by atoms with Crippen LogP contribution < -0.4 is 10.6 Å². The average molecular weight is 331 g/mol. The number of nitrogens with one attached hydrogen (secondary N) is 2. The summed E-state index contributed by atoms with van der Waals surface area (Å²) in [5.74, 6) is 0.213. The van der Waals surface area contributed by atoms with Gasteiger partial charge in [-0.2, -0.15) is 0 Å². The third kappa shape index (κ3) is 11.6. The molecule has 2 N–H and O–H groups in total. The van der Waals surface area contributed by atoms with Crippen LogP contribution in [0, 0.1) is 11.8 Å². The Hall–Kier alpha value is -1.08. The summed E-state index contributed by atoms with van der Waals surface area (Å²) in [6.07, 6.45) is 0.703. The number of rotatable bonds is 10. The molecule has 0 bridgehead atoms. The molecule has 7 heteroatoms. The molecule has 2 amide bonds. The van der Waals surface area contributed by atoms with Crippen molar-refractivity contribution in [3.05, 3.63) is 0 Å². The highest BCUT2D eigenvalue weighted by atomic mass is 32.2. The Balaban J connectivity index is 4.20. The summed E-state index contributed by atoms with van der Waals surface area (Å²) < 4.78 is 0. The number of amides is 2. The van der Waals surface area contributed by atoms with E-state index in [0.29, 0.717) is 24.6 Å². The Labute approximate surface area is 137 Å². The lowest BCUT2D eigenvalue weighted by Gasteiger charge is -2.18. The second-order valence-corrected chi connectivity index (χ2v) is 7.20. The van der Waals surface area contributed by atoms with Crippen molar-refractivity contribution >= 4 is 28.7 Å². The van der Waals surface area contributed by atoms with Gasteiger partial charge in [0.1, 0.15) is 0 Å². The van der Waals surface area contributed by atoms with E-state index in [2.05, 4.69) is 10.6 Å². The fraction of sp³-hybridized carbons (Fsp3) is 0.800. The van der Waals surface area contributed by atoms with E-state index in [9.17, 15) is 14.4 Å². The van der Waals surface area contributed by atoms with E-state index in [0.717, 1.165) is 18.3 Å². The molecule has 0 aliphatic carbocycles. The molecular weight excluding hydrogens is 302 g/mol. The summed E-state index contributed by atoms with van der Waals surface area (Å²) in [6.45, 7) is 6.85. The van der Waals surface area contributed by atoms with E-state index in [1.165, 1.54) is 6.92 Å². The number of hydrogen-bond donors (Lipinski definition) is 2. The van der Waals surface area contributed by atoms with Gasteiger partial charge in [0.2, 0.25) is 11.8 Å². The van der Waals surface area contributed by atoms with E-state index in [4.69, 9.17) is 0 Å². The largest absolute Gasteiger partial charge is 0.353 e. The van der Waals surface area contributed by atoms with Crippen LogP contribution in [0.15, 0.2) is 0 Å². The number of carbonyl (C=O) groups is 3. The predicted molar refractivity (Wildman–Crippen MR) is 90.7 cm³/mol. The maximum atomic E-state index is 12.2. The molecule has 1 unspecified atom stereocenters. The molecule has 0 saturated carbocycles. The fourth-order valence-electron chi connectivity index (χ4n) is 1.83. The molecule has 0 aromatic carbocycles. The molecule has 0 fully saturated rings. The Bertz CT molecular complexity index is 373. The number of nitrogens with zero attached hydrogens (tertiary/aromatic N) is 1. The molecule has 6 nitrogen and oxygen atoms in total. The van der Waals surface area contributed by atoms with Crippen molar-refractivity contribution in [2.75, 3.05) is 39.5 Å². The first-order valence-electron chi connectivity index (χ1n) is 7.54. The minimum Gasteiger partial charge on any atom is -0.353 e. The smallest absolute Gasteiger partial charge is 0.239 e. The van der Waals surface area contributed by atoms with Gasteiger partial charge in [-0.05, 0) is 26.4 Å². The molecule has 0 rings (SSSR count). The van der Waals surface area contributed by atoms with Crippen molar-refractivity contribution < 1.29 is 14.4 Å². The van der Waals surface area contributed by atoms with Gasteiger partial charge in [-0.1, -0.05) is 25.6 Å². The lowest BCUT2D eigenvalue weighted by atomic mass is 9.98. The maximum absolute atomic E-state index is 12.2. The standard InChI is InChI=1S/C15H29N3O3S/c1-11(2)8-13(10-22-12(3)19)15(21)17-9-14(20)16-6-7-18(4)5/h11,13H,6-10H2,1-5H3,(H,16,20)(H,17,21). The average Bonchev–Trinajstić information content (AvgIpc) is 2.39. The van der Waals surface area contributed by atoms with Gasteiger partial charge < -0.3 is 15.5 Å². The number of carbonyl (C=O) groups excluding carboxylic acids is 3. The fourth-order valence-corrected chi connectivity index (χ4v) is 2.55. The lowest BCUT2D eigenvalue weighted by molar-refractivity contribution is -0.128. The van der Waals surface area contributed by atoms with Crippen LogP contribution in [0.4, 0.5) is 0 Å². The summed E-state index contributed by atoms with van der Waals surface area (Å²) in [5.41, 5.74) is 0. The van der Waals surface area contributed by atoms with Crippen LogP contribution in [0.25, 0.3) is 0 Å². The van der Waals surface area contributed by atoms with Gasteiger partial charge >= 0.3 is 0 Å². The van der Waals surface area contributed by atoms with Gasteiger partial charge in [0.05, 0.1) is 6.54 Å². The highest BCUT2D eigenvalue weighted by Crippen LogP contribution is 2.18. The Morgan fingerprint density at radius 3 is 2.27 bits per heavy atom. The topological polar surface area (TPSA) is 78.5 Å². The monoisotopic (exact) mass is 331 g/mol. The van der Waals surface area contributed by atoms with Gasteiger partial charge in [-0.25, -0.2) is 0 Å². The van der Waals surface area contributed by atoms with Crippen molar-refractivity contribution in [1.82, 2.24) is 15.5 Å². The van der Waals surface area contributed by atoms with Crippen molar-refractivity contribution in [1.29, 1.82) is 0 Å². The van der Waals surface area contributed by atoms with Crippen LogP contribution in [-0.2, 0) is 14.4 Å². The van der Waals surface area contributed by atoms with Crippen LogP contribution in [-0.4, -0.2) is 61.3 Å². The quantitative estimate of drug-likeness (QED) is 0.617. The highest BCUT2D eigenvalue weighted by molar-refractivity contribution is 8.13. The first-order chi connectivity index (χ1) is 10.2. The summed E-state index contributed by atoms with van der Waals surface area (Å²) in [7, 11) is 3.86. The molecule has 0 radical (unpaired) electrons. The highest BCUT2D eigenvalue weighted by Gasteiger charge is 2.21. The molecule has 0 spiro atoms. The lowest BCUT2D eigenvalue weighted by Crippen LogP contribution is -2.42. The molecule has 0 saturated heterocycles. The van der Waals surface area contributed by atoms with Crippen molar-refractivity contribution in [2.24, 2.45) is 11.8 Å². The molecule has 22 heavy (non-hydrogen) atoms. The van der Waals surface area contributed by atoms with Crippen LogP contribution in [0.5, 0.6) is 0 Å². The van der Waals surface area contributed by atoms with Crippen LogP contribution in [0.2, 0.25) is 0 Å². The SMILES string of the molecule is CC(=O)SCC(CC(C)C)C(=O)NCC(=O)NCCN(C)C. The van der Waals surface area contributed by atoms with Gasteiger partial charge in [0, 0.05) is 31.7 Å². The van der Waals surface area contributed by atoms with Crippen molar-refractivity contribution in [2.45, 2.75) is 27.2 Å². The van der Waals surface area contributed by atoms with Crippen molar-refractivity contribution in [3.8, 4) is 0 Å². The molecule has 0 heterocycles. The normalized spacial score (nSPS) is 12.3. The molecule has 1 atom stereocenters. The molecular formula is C15H29N3O3S. The zero-order valence-electron chi connectivity index (χ0n) is 14.3. The van der Waals surface area contributed by atoms with Gasteiger partial charge in [-0.3, -0.25) is 14.4 Å². The molecule has 0 aliphatic rings. The molecule has 0 aromatic rings. The van der Waals surface area contributed by atoms with Crippen LogP contribution >= 0.6 is 11.8 Å². The van der Waals surface area contributed by atoms with Gasteiger partial charge in [0.25, 0.3) is 0 Å². The zero-order chi connectivity index (χ0) is 17.1. The Morgan fingerprint density at radius 1 is 1.14 bits per heavy atom. The Morgan fingerprint density at radius 2 is 1.77 bits per heavy atom.